The van der Waals surface area contributed by atoms with Crippen LogP contribution in [0.1, 0.15) is 61.3 Å². The van der Waals surface area contributed by atoms with Crippen molar-refractivity contribution < 1.29 is 28.2 Å². The lowest BCUT2D eigenvalue weighted by molar-refractivity contribution is -0.161. The highest BCUT2D eigenvalue weighted by Crippen LogP contribution is 2.54. The summed E-state index contributed by atoms with van der Waals surface area (Å²) in [6.45, 7) is 2.01. The summed E-state index contributed by atoms with van der Waals surface area (Å²) in [7, 11) is 1.58. The third-order valence-electron chi connectivity index (χ3n) is 9.04. The van der Waals surface area contributed by atoms with E-state index in [1.165, 1.54) is 4.31 Å². The van der Waals surface area contributed by atoms with Crippen molar-refractivity contribution in [2.24, 2.45) is 11.3 Å². The van der Waals surface area contributed by atoms with Gasteiger partial charge in [0.05, 0.1) is 25.0 Å². The summed E-state index contributed by atoms with van der Waals surface area (Å²) < 4.78 is 32.0. The highest BCUT2D eigenvalue weighted by Gasteiger charge is 2.54. The molecule has 1 aliphatic carbocycles. The number of carbonyl (C=O) groups excluding carboxylic acids is 1. The number of likely N-dealkylation sites (tertiary alicyclic amines) is 1. The van der Waals surface area contributed by atoms with Crippen molar-refractivity contribution >= 4 is 46.3 Å². The third kappa shape index (κ3) is 7.89. The molecule has 3 aromatic carbocycles. The maximum absolute atomic E-state index is 14.7. The number of carboxylic acids is 1. The number of carbonyl (C=O) groups is 2. The first-order chi connectivity index (χ1) is 21.5. The van der Waals surface area contributed by atoms with Crippen LogP contribution in [0.4, 0.5) is 0 Å². The van der Waals surface area contributed by atoms with Crippen LogP contribution in [-0.4, -0.2) is 61.2 Å². The minimum atomic E-state index is -2.56. The molecule has 45 heavy (non-hydrogen) atoms. The van der Waals surface area contributed by atoms with E-state index in [9.17, 15) is 23.5 Å². The van der Waals surface area contributed by atoms with Gasteiger partial charge in [-0.2, -0.15) is 0 Å². The van der Waals surface area contributed by atoms with Gasteiger partial charge < -0.3 is 19.3 Å². The van der Waals surface area contributed by atoms with E-state index in [2.05, 4.69) is 0 Å². The number of aliphatic carboxylic acids is 1. The van der Waals surface area contributed by atoms with Gasteiger partial charge in [-0.3, -0.25) is 13.8 Å². The Morgan fingerprint density at radius 3 is 2.42 bits per heavy atom. The topological polar surface area (TPSA) is 110 Å². The molecule has 0 radical (unpaired) electrons. The molecule has 1 saturated heterocycles. The first-order valence-electron chi connectivity index (χ1n) is 15.0. The standard InChI is InChI=1S/C34H38Cl2N2O6S/c1-34(20-31(39)40)19-29(25-6-4-7-27(36)18-25)32(24-11-13-26(35)14-12-24)38(33(34)41)30(23-9-10-23)21-37(45(42)43)16-15-22-5-3-8-28(17-22)44-2/h3-8,11-14,17-18,23,29-30,32H,9-10,15-16,19-21H2,1-2H3,(H,39,40)(H,42,43)/p-1. The van der Waals surface area contributed by atoms with E-state index in [-0.39, 0.29) is 43.7 Å². The van der Waals surface area contributed by atoms with Gasteiger partial charge in [-0.15, -0.1) is 0 Å². The number of methoxy groups -OCH3 is 1. The number of rotatable bonds is 13. The van der Waals surface area contributed by atoms with Gasteiger partial charge in [-0.05, 0) is 84.7 Å². The van der Waals surface area contributed by atoms with Gasteiger partial charge in [0.1, 0.15) is 5.75 Å². The molecule has 2 fully saturated rings. The van der Waals surface area contributed by atoms with Crippen LogP contribution in [0, 0.1) is 11.3 Å². The molecule has 8 nitrogen and oxygen atoms in total. The van der Waals surface area contributed by atoms with E-state index in [1.807, 2.05) is 59.5 Å². The molecule has 5 unspecified atom stereocenters. The van der Waals surface area contributed by atoms with Crippen LogP contribution in [0.3, 0.4) is 0 Å². The Morgan fingerprint density at radius 2 is 1.80 bits per heavy atom. The number of nitrogens with zero attached hydrogens (tertiary/aromatic N) is 2. The van der Waals surface area contributed by atoms with Crippen LogP contribution < -0.4 is 4.74 Å². The summed E-state index contributed by atoms with van der Waals surface area (Å²) in [6.07, 6.45) is 2.08. The average molecular weight is 673 g/mol. The average Bonchev–Trinajstić information content (AvgIpc) is 3.84. The normalized spacial score (nSPS) is 23.2. The van der Waals surface area contributed by atoms with E-state index >= 15 is 0 Å². The molecule has 1 amide bonds. The van der Waals surface area contributed by atoms with Crippen LogP contribution in [0.25, 0.3) is 0 Å². The molecule has 3 aromatic rings. The molecular formula is C34H37Cl2N2O6S-. The summed E-state index contributed by atoms with van der Waals surface area (Å²) in [6, 6.07) is 21.3. The van der Waals surface area contributed by atoms with Crippen molar-refractivity contribution in [3.63, 3.8) is 0 Å². The second-order valence-corrected chi connectivity index (χ2v) is 14.1. The van der Waals surface area contributed by atoms with E-state index in [4.69, 9.17) is 27.9 Å². The molecule has 1 N–H and O–H groups in total. The van der Waals surface area contributed by atoms with Crippen LogP contribution >= 0.6 is 23.2 Å². The summed E-state index contributed by atoms with van der Waals surface area (Å²) in [5.74, 6) is -0.906. The lowest BCUT2D eigenvalue weighted by Gasteiger charge is -2.52. The first kappa shape index (κ1) is 33.4. The molecule has 0 bridgehead atoms. The number of halogens is 2. The number of carboxylic acid groups (broad SMARTS) is 1. The van der Waals surface area contributed by atoms with E-state index < -0.39 is 34.7 Å². The Morgan fingerprint density at radius 1 is 1.09 bits per heavy atom. The molecule has 1 saturated carbocycles. The lowest BCUT2D eigenvalue weighted by Crippen LogP contribution is -2.59. The Balaban J connectivity index is 1.57. The van der Waals surface area contributed by atoms with Crippen molar-refractivity contribution in [2.75, 3.05) is 20.2 Å². The third-order valence-corrected chi connectivity index (χ3v) is 10.3. The van der Waals surface area contributed by atoms with Crippen molar-refractivity contribution in [1.82, 2.24) is 9.21 Å². The van der Waals surface area contributed by atoms with Crippen molar-refractivity contribution in [3.8, 4) is 5.75 Å². The van der Waals surface area contributed by atoms with E-state index in [0.717, 1.165) is 29.5 Å². The summed E-state index contributed by atoms with van der Waals surface area (Å²) >= 11 is 10.2. The number of piperidine rings is 1. The van der Waals surface area contributed by atoms with Gasteiger partial charge in [0, 0.05) is 46.4 Å². The zero-order valence-electron chi connectivity index (χ0n) is 25.2. The molecule has 2 aliphatic rings. The van der Waals surface area contributed by atoms with Gasteiger partial charge in [-0.25, -0.2) is 4.31 Å². The van der Waals surface area contributed by atoms with Gasteiger partial charge in [0.25, 0.3) is 0 Å². The van der Waals surface area contributed by atoms with Gasteiger partial charge in [0.2, 0.25) is 5.91 Å². The highest BCUT2D eigenvalue weighted by molar-refractivity contribution is 7.76. The summed E-state index contributed by atoms with van der Waals surface area (Å²) in [4.78, 5) is 28.6. The van der Waals surface area contributed by atoms with E-state index in [1.54, 1.807) is 32.2 Å². The van der Waals surface area contributed by atoms with Crippen molar-refractivity contribution in [1.29, 1.82) is 0 Å². The SMILES string of the molecule is COc1cccc(CCN(CC(C2CC2)N2C(=O)C(C)(CC(=O)O)CC(c3cccc(Cl)c3)C2c2ccc(Cl)cc2)S(=O)[O-])c1. The summed E-state index contributed by atoms with van der Waals surface area (Å²) in [5, 5.41) is 11.0. The molecular weight excluding hydrogens is 635 g/mol. The molecule has 1 heterocycles. The zero-order valence-corrected chi connectivity index (χ0v) is 27.6. The minimum absolute atomic E-state index is 0.0683. The molecule has 240 valence electrons. The fourth-order valence-electron chi connectivity index (χ4n) is 6.71. The largest absolute Gasteiger partial charge is 0.760 e. The second kappa shape index (κ2) is 14.2. The number of benzene rings is 3. The van der Waals surface area contributed by atoms with Crippen LogP contribution in [0.15, 0.2) is 72.8 Å². The molecule has 5 atom stereocenters. The second-order valence-electron chi connectivity index (χ2n) is 12.3. The Bertz CT molecular complexity index is 1550. The predicted molar refractivity (Wildman–Crippen MR) is 174 cm³/mol. The zero-order chi connectivity index (χ0) is 32.3. The summed E-state index contributed by atoms with van der Waals surface area (Å²) in [5.41, 5.74) is 1.42. The molecule has 5 rings (SSSR count). The highest BCUT2D eigenvalue weighted by atomic mass is 35.5. The molecule has 1 aliphatic heterocycles. The number of hydrogen-bond donors (Lipinski definition) is 1. The quantitative estimate of drug-likeness (QED) is 0.204. The predicted octanol–water partition coefficient (Wildman–Crippen LogP) is 6.66. The molecule has 0 aromatic heterocycles. The molecule has 11 heteroatoms. The Labute approximate surface area is 276 Å². The van der Waals surface area contributed by atoms with Crippen molar-refractivity contribution in [2.45, 2.75) is 57.0 Å². The van der Waals surface area contributed by atoms with Crippen molar-refractivity contribution in [3.05, 3.63) is 99.5 Å². The van der Waals surface area contributed by atoms with Crippen LogP contribution in [0.5, 0.6) is 5.75 Å². The fourth-order valence-corrected chi connectivity index (χ4v) is 7.55. The first-order valence-corrected chi connectivity index (χ1v) is 16.8. The number of hydrogen-bond acceptors (Lipinski definition) is 5. The van der Waals surface area contributed by atoms with E-state index in [0.29, 0.717) is 22.2 Å². The van der Waals surface area contributed by atoms with Gasteiger partial charge in [-0.1, -0.05) is 66.5 Å². The monoisotopic (exact) mass is 671 g/mol. The maximum atomic E-state index is 14.7. The Hall–Kier alpha value is -2.95. The maximum Gasteiger partial charge on any atom is 0.304 e. The van der Waals surface area contributed by atoms with Crippen LogP contribution in [0.2, 0.25) is 10.0 Å². The fraction of sp³-hybridized carbons (Fsp3) is 0.412. The lowest BCUT2D eigenvalue weighted by atomic mass is 9.67. The number of amides is 1. The van der Waals surface area contributed by atoms with Gasteiger partial charge >= 0.3 is 5.97 Å². The van der Waals surface area contributed by atoms with Crippen LogP contribution in [-0.2, 0) is 27.3 Å². The Kier molecular flexibility index (Phi) is 10.6. The van der Waals surface area contributed by atoms with Gasteiger partial charge in [0.15, 0.2) is 0 Å². The minimum Gasteiger partial charge on any atom is -0.760 e. The molecule has 0 spiro atoms. The smallest absolute Gasteiger partial charge is 0.304 e. The number of ether oxygens (including phenoxy) is 1.